The molecule has 2 rings (SSSR count). The second-order valence-electron chi connectivity index (χ2n) is 4.09. The molecule has 0 amide bonds. The molecule has 2 bridgehead atoms. The van der Waals surface area contributed by atoms with E-state index in [1.807, 2.05) is 0 Å². The van der Waals surface area contributed by atoms with Crippen LogP contribution in [0.5, 0.6) is 0 Å². The summed E-state index contributed by atoms with van der Waals surface area (Å²) in [5.74, 6) is 0. The van der Waals surface area contributed by atoms with E-state index in [1.54, 1.807) is 4.90 Å². The first-order chi connectivity index (χ1) is 7.59. The van der Waals surface area contributed by atoms with Gasteiger partial charge in [-0.05, 0) is 0 Å². The number of nitroso groups, excluding NO2 is 2. The van der Waals surface area contributed by atoms with Crippen LogP contribution in [0.4, 0.5) is 0 Å². The van der Waals surface area contributed by atoms with Gasteiger partial charge in [-0.1, -0.05) is 0 Å². The summed E-state index contributed by atoms with van der Waals surface area (Å²) >= 11 is 0. The lowest BCUT2D eigenvalue weighted by atomic mass is 9.95. The van der Waals surface area contributed by atoms with Gasteiger partial charge in [-0.2, -0.15) is 0 Å². The standard InChI is InChI=1S/C6H10N6O4/c13-7-10-2-6(12(15)16)1-9(4-10)5-11(3-6)8-14/h1-5H2. The van der Waals surface area contributed by atoms with Gasteiger partial charge in [0, 0.05) is 4.92 Å². The Morgan fingerprint density at radius 2 is 1.56 bits per heavy atom. The number of hydrogen-bond donors (Lipinski definition) is 0. The van der Waals surface area contributed by atoms with Gasteiger partial charge in [-0.3, -0.25) is 15.0 Å². The van der Waals surface area contributed by atoms with Gasteiger partial charge >= 0.3 is 0 Å². The van der Waals surface area contributed by atoms with Gasteiger partial charge in [-0.25, -0.2) is 10.0 Å². The van der Waals surface area contributed by atoms with Crippen molar-refractivity contribution >= 4 is 0 Å². The zero-order valence-electron chi connectivity index (χ0n) is 8.35. The van der Waals surface area contributed by atoms with Crippen LogP contribution in [0, 0.1) is 19.9 Å². The summed E-state index contributed by atoms with van der Waals surface area (Å²) in [5, 5.41) is 18.7. The zero-order chi connectivity index (χ0) is 11.8. The van der Waals surface area contributed by atoms with E-state index in [0.717, 1.165) is 10.0 Å². The highest BCUT2D eigenvalue weighted by molar-refractivity contribution is 4.95. The molecule has 0 aromatic carbocycles. The molecule has 10 heteroatoms. The van der Waals surface area contributed by atoms with E-state index >= 15 is 0 Å². The van der Waals surface area contributed by atoms with Crippen molar-refractivity contribution in [2.75, 3.05) is 33.0 Å². The second kappa shape index (κ2) is 3.63. The largest absolute Gasteiger partial charge is 0.272 e. The van der Waals surface area contributed by atoms with Gasteiger partial charge in [0.05, 0.1) is 30.5 Å². The molecule has 2 aliphatic heterocycles. The Balaban J connectivity index is 2.26. The molecular weight excluding hydrogens is 220 g/mol. The number of nitro groups is 1. The molecule has 0 N–H and O–H groups in total. The van der Waals surface area contributed by atoms with E-state index in [-0.39, 0.29) is 33.0 Å². The number of hydrogen-bond acceptors (Lipinski definition) is 7. The minimum atomic E-state index is -1.36. The van der Waals surface area contributed by atoms with Crippen molar-refractivity contribution in [3.8, 4) is 0 Å². The van der Waals surface area contributed by atoms with Crippen LogP contribution in [-0.4, -0.2) is 58.4 Å². The predicted molar refractivity (Wildman–Crippen MR) is 51.2 cm³/mol. The predicted octanol–water partition coefficient (Wildman–Crippen LogP) is -0.787. The Morgan fingerprint density at radius 1 is 1.06 bits per heavy atom. The van der Waals surface area contributed by atoms with Crippen molar-refractivity contribution in [3.05, 3.63) is 19.9 Å². The molecule has 88 valence electrons. The zero-order valence-corrected chi connectivity index (χ0v) is 8.35. The van der Waals surface area contributed by atoms with E-state index < -0.39 is 10.5 Å². The molecule has 0 saturated carbocycles. The minimum absolute atomic E-state index is 0.0913. The van der Waals surface area contributed by atoms with Crippen LogP contribution in [0.2, 0.25) is 0 Å². The second-order valence-corrected chi connectivity index (χ2v) is 4.09. The molecule has 16 heavy (non-hydrogen) atoms. The summed E-state index contributed by atoms with van der Waals surface area (Å²) in [5.41, 5.74) is -1.36. The van der Waals surface area contributed by atoms with E-state index in [2.05, 4.69) is 10.6 Å². The van der Waals surface area contributed by atoms with Crippen LogP contribution in [0.15, 0.2) is 10.6 Å². The molecule has 10 nitrogen and oxygen atoms in total. The summed E-state index contributed by atoms with van der Waals surface area (Å²) in [6.45, 7) is 0.395. The van der Waals surface area contributed by atoms with Crippen molar-refractivity contribution in [2.45, 2.75) is 5.54 Å². The fourth-order valence-electron chi connectivity index (χ4n) is 2.23. The quantitative estimate of drug-likeness (QED) is 0.355. The molecular formula is C6H10N6O4. The first kappa shape index (κ1) is 10.7. The lowest BCUT2D eigenvalue weighted by Gasteiger charge is -2.45. The molecule has 2 saturated heterocycles. The summed E-state index contributed by atoms with van der Waals surface area (Å²) < 4.78 is 0. The fraction of sp³-hybridized carbons (Fsp3) is 1.00. The van der Waals surface area contributed by atoms with Crippen molar-refractivity contribution < 1.29 is 4.92 Å². The SMILES string of the molecule is O=NN1CN2CN(N=O)CC([N+](=O)[O-])(C2)C1. The van der Waals surface area contributed by atoms with Crippen molar-refractivity contribution in [1.29, 1.82) is 0 Å². The summed E-state index contributed by atoms with van der Waals surface area (Å²) in [6, 6.07) is 0. The average Bonchev–Trinajstić information content (AvgIpc) is 2.27. The Bertz CT molecular complexity index is 315. The third kappa shape index (κ3) is 1.56. The Labute approximate surface area is 89.8 Å². The summed E-state index contributed by atoms with van der Waals surface area (Å²) in [4.78, 5) is 33.0. The van der Waals surface area contributed by atoms with E-state index in [9.17, 15) is 19.9 Å². The van der Waals surface area contributed by atoms with Crippen LogP contribution in [-0.2, 0) is 0 Å². The summed E-state index contributed by atoms with van der Waals surface area (Å²) in [6.07, 6.45) is 0. The highest BCUT2D eigenvalue weighted by Gasteiger charge is 2.54. The average molecular weight is 230 g/mol. The van der Waals surface area contributed by atoms with Gasteiger partial charge in [0.2, 0.25) is 0 Å². The van der Waals surface area contributed by atoms with Crippen LogP contribution >= 0.6 is 0 Å². The third-order valence-corrected chi connectivity index (χ3v) is 2.82. The van der Waals surface area contributed by atoms with Crippen molar-refractivity contribution in [1.82, 2.24) is 14.9 Å². The molecule has 0 aliphatic carbocycles. The molecule has 2 heterocycles. The van der Waals surface area contributed by atoms with Gasteiger partial charge in [0.1, 0.15) is 13.1 Å². The maximum Gasteiger partial charge on any atom is 0.272 e. The molecule has 0 aromatic heterocycles. The van der Waals surface area contributed by atoms with Crippen molar-refractivity contribution in [2.24, 2.45) is 10.6 Å². The maximum atomic E-state index is 11.0. The number of rotatable bonds is 3. The molecule has 0 radical (unpaired) electrons. The number of nitrogens with zero attached hydrogens (tertiary/aromatic N) is 6. The smallest absolute Gasteiger partial charge is 0.264 e. The Kier molecular flexibility index (Phi) is 2.42. The fourth-order valence-corrected chi connectivity index (χ4v) is 2.23. The molecule has 0 unspecified atom stereocenters. The van der Waals surface area contributed by atoms with E-state index in [4.69, 9.17) is 0 Å². The minimum Gasteiger partial charge on any atom is -0.264 e. The molecule has 2 fully saturated rings. The Hall–Kier alpha value is -1.84. The van der Waals surface area contributed by atoms with E-state index in [1.165, 1.54) is 0 Å². The monoisotopic (exact) mass is 230 g/mol. The topological polar surface area (TPSA) is 112 Å². The summed E-state index contributed by atoms with van der Waals surface area (Å²) in [7, 11) is 0. The highest BCUT2D eigenvalue weighted by atomic mass is 16.6. The molecule has 0 atom stereocenters. The van der Waals surface area contributed by atoms with Crippen LogP contribution in [0.1, 0.15) is 0 Å². The lowest BCUT2D eigenvalue weighted by molar-refractivity contribution is -0.581. The van der Waals surface area contributed by atoms with Gasteiger partial charge < -0.3 is 0 Å². The molecule has 2 aliphatic rings. The van der Waals surface area contributed by atoms with Gasteiger partial charge in [-0.15, -0.1) is 9.81 Å². The van der Waals surface area contributed by atoms with Crippen LogP contribution in [0.25, 0.3) is 0 Å². The van der Waals surface area contributed by atoms with Crippen molar-refractivity contribution in [3.63, 3.8) is 0 Å². The first-order valence-corrected chi connectivity index (χ1v) is 4.63. The van der Waals surface area contributed by atoms with Crippen LogP contribution in [0.3, 0.4) is 0 Å². The Morgan fingerprint density at radius 3 is 1.94 bits per heavy atom. The maximum absolute atomic E-state index is 11.0. The van der Waals surface area contributed by atoms with Crippen LogP contribution < -0.4 is 0 Å². The van der Waals surface area contributed by atoms with Gasteiger partial charge in [0.15, 0.2) is 0 Å². The van der Waals surface area contributed by atoms with Gasteiger partial charge in [0.25, 0.3) is 5.54 Å². The molecule has 0 aromatic rings. The number of fused-ring (bicyclic) bond motifs is 2. The molecule has 0 spiro atoms. The van der Waals surface area contributed by atoms with E-state index in [0.29, 0.717) is 0 Å². The third-order valence-electron chi connectivity index (χ3n) is 2.82. The highest BCUT2D eigenvalue weighted by Crippen LogP contribution is 2.26. The lowest BCUT2D eigenvalue weighted by Crippen LogP contribution is -2.70. The first-order valence-electron chi connectivity index (χ1n) is 4.63. The normalized spacial score (nSPS) is 33.4.